The minimum Gasteiger partial charge on any atom is -0.326 e. The molecule has 0 spiro atoms. The van der Waals surface area contributed by atoms with E-state index < -0.39 is 4.92 Å². The number of nitro benzene ring substituents is 1. The fraction of sp³-hybridized carbons (Fsp3) is 0.176. The smallest absolute Gasteiger partial charge is 0.271 e. The number of amides is 2. The number of hydrogen-bond acceptors (Lipinski definition) is 4. The normalized spacial score (nSPS) is 10.1. The molecule has 0 aliphatic rings. The molecule has 2 aromatic rings. The van der Waals surface area contributed by atoms with Gasteiger partial charge in [-0.2, -0.15) is 0 Å². The Labute approximate surface area is 138 Å². The highest BCUT2D eigenvalue weighted by Crippen LogP contribution is 2.22. The standard InChI is InChI=1S/C17H17N3O4/c1-11-3-8-15(20(23)24)10-16(11)19-17(22)9-13-4-6-14(7-5-13)18-12(2)21/h3-8,10H,9H2,1-2H3,(H,18,21)(H,19,22). The first-order chi connectivity index (χ1) is 11.3. The third-order valence-electron chi connectivity index (χ3n) is 3.35. The van der Waals surface area contributed by atoms with Crippen molar-refractivity contribution in [2.45, 2.75) is 20.3 Å². The van der Waals surface area contributed by atoms with E-state index in [1.54, 1.807) is 37.3 Å². The van der Waals surface area contributed by atoms with E-state index in [1.165, 1.54) is 19.1 Å². The van der Waals surface area contributed by atoms with Gasteiger partial charge in [-0.3, -0.25) is 19.7 Å². The van der Waals surface area contributed by atoms with Crippen LogP contribution in [0.5, 0.6) is 0 Å². The molecular weight excluding hydrogens is 310 g/mol. The Bertz CT molecular complexity index is 785. The van der Waals surface area contributed by atoms with Crippen LogP contribution in [0.15, 0.2) is 42.5 Å². The van der Waals surface area contributed by atoms with Gasteiger partial charge in [-0.1, -0.05) is 18.2 Å². The van der Waals surface area contributed by atoms with Gasteiger partial charge in [0.25, 0.3) is 5.69 Å². The summed E-state index contributed by atoms with van der Waals surface area (Å²) in [5.41, 5.74) is 2.51. The number of nitrogens with zero attached hydrogens (tertiary/aromatic N) is 1. The van der Waals surface area contributed by atoms with Crippen LogP contribution in [-0.2, 0) is 16.0 Å². The predicted octanol–water partition coefficient (Wildman–Crippen LogP) is 3.04. The van der Waals surface area contributed by atoms with Crippen LogP contribution >= 0.6 is 0 Å². The van der Waals surface area contributed by atoms with E-state index in [9.17, 15) is 19.7 Å². The Balaban J connectivity index is 2.04. The van der Waals surface area contributed by atoms with E-state index in [1.807, 2.05) is 0 Å². The van der Waals surface area contributed by atoms with Crippen molar-refractivity contribution in [3.63, 3.8) is 0 Å². The number of carbonyl (C=O) groups is 2. The molecule has 0 aromatic heterocycles. The minimum atomic E-state index is -0.504. The Morgan fingerprint density at radius 2 is 1.75 bits per heavy atom. The number of nitrogens with one attached hydrogen (secondary N) is 2. The highest BCUT2D eigenvalue weighted by atomic mass is 16.6. The maximum absolute atomic E-state index is 12.1. The largest absolute Gasteiger partial charge is 0.326 e. The number of aryl methyl sites for hydroxylation is 1. The summed E-state index contributed by atoms with van der Waals surface area (Å²) in [5, 5.41) is 16.1. The fourth-order valence-electron chi connectivity index (χ4n) is 2.15. The van der Waals surface area contributed by atoms with Crippen LogP contribution in [-0.4, -0.2) is 16.7 Å². The second kappa shape index (κ2) is 7.36. The van der Waals surface area contributed by atoms with Gasteiger partial charge in [0.15, 0.2) is 0 Å². The minimum absolute atomic E-state index is 0.0736. The molecule has 0 saturated carbocycles. The van der Waals surface area contributed by atoms with E-state index in [4.69, 9.17) is 0 Å². The number of hydrogen-bond donors (Lipinski definition) is 2. The molecule has 2 N–H and O–H groups in total. The van der Waals surface area contributed by atoms with Crippen LogP contribution in [0.25, 0.3) is 0 Å². The summed E-state index contributed by atoms with van der Waals surface area (Å²) in [6, 6.07) is 11.2. The molecule has 2 rings (SSSR count). The van der Waals surface area contributed by atoms with E-state index >= 15 is 0 Å². The number of non-ortho nitro benzene ring substituents is 1. The summed E-state index contributed by atoms with van der Waals surface area (Å²) in [5.74, 6) is -0.437. The van der Waals surface area contributed by atoms with Crippen molar-refractivity contribution in [3.8, 4) is 0 Å². The number of nitro groups is 1. The fourth-order valence-corrected chi connectivity index (χ4v) is 2.15. The van der Waals surface area contributed by atoms with Gasteiger partial charge in [0.1, 0.15) is 0 Å². The number of benzene rings is 2. The molecule has 0 radical (unpaired) electrons. The van der Waals surface area contributed by atoms with Crippen molar-refractivity contribution in [1.29, 1.82) is 0 Å². The number of carbonyl (C=O) groups excluding carboxylic acids is 2. The van der Waals surface area contributed by atoms with Crippen molar-refractivity contribution in [2.75, 3.05) is 10.6 Å². The lowest BCUT2D eigenvalue weighted by Crippen LogP contribution is -2.15. The van der Waals surface area contributed by atoms with E-state index in [-0.39, 0.29) is 23.9 Å². The van der Waals surface area contributed by atoms with Gasteiger partial charge in [-0.05, 0) is 30.2 Å². The van der Waals surface area contributed by atoms with Gasteiger partial charge in [-0.15, -0.1) is 0 Å². The number of anilines is 2. The molecular formula is C17H17N3O4. The second-order valence-corrected chi connectivity index (χ2v) is 5.36. The van der Waals surface area contributed by atoms with Crippen LogP contribution in [0.3, 0.4) is 0 Å². The van der Waals surface area contributed by atoms with E-state index in [0.717, 1.165) is 11.1 Å². The molecule has 0 fully saturated rings. The lowest BCUT2D eigenvalue weighted by atomic mass is 10.1. The van der Waals surface area contributed by atoms with Crippen molar-refractivity contribution in [1.82, 2.24) is 0 Å². The lowest BCUT2D eigenvalue weighted by Gasteiger charge is -2.09. The Morgan fingerprint density at radius 1 is 1.08 bits per heavy atom. The highest BCUT2D eigenvalue weighted by Gasteiger charge is 2.11. The van der Waals surface area contributed by atoms with Crippen LogP contribution in [0.4, 0.5) is 17.1 Å². The van der Waals surface area contributed by atoms with Crippen LogP contribution < -0.4 is 10.6 Å². The van der Waals surface area contributed by atoms with Crippen LogP contribution in [0.2, 0.25) is 0 Å². The molecule has 0 aliphatic carbocycles. The molecule has 7 heteroatoms. The average Bonchev–Trinajstić information content (AvgIpc) is 2.50. The van der Waals surface area contributed by atoms with Crippen molar-refractivity contribution in [2.24, 2.45) is 0 Å². The van der Waals surface area contributed by atoms with Gasteiger partial charge in [0, 0.05) is 24.7 Å². The second-order valence-electron chi connectivity index (χ2n) is 5.36. The van der Waals surface area contributed by atoms with Gasteiger partial charge in [-0.25, -0.2) is 0 Å². The van der Waals surface area contributed by atoms with Crippen molar-refractivity contribution >= 4 is 28.9 Å². The molecule has 0 bridgehead atoms. The molecule has 0 aliphatic heterocycles. The molecule has 0 saturated heterocycles. The monoisotopic (exact) mass is 327 g/mol. The van der Waals surface area contributed by atoms with Crippen molar-refractivity contribution < 1.29 is 14.5 Å². The zero-order valence-electron chi connectivity index (χ0n) is 13.3. The molecule has 2 aromatic carbocycles. The summed E-state index contributed by atoms with van der Waals surface area (Å²) in [4.78, 5) is 33.4. The van der Waals surface area contributed by atoms with Crippen LogP contribution in [0.1, 0.15) is 18.1 Å². The van der Waals surface area contributed by atoms with Gasteiger partial charge < -0.3 is 10.6 Å². The third-order valence-corrected chi connectivity index (χ3v) is 3.35. The van der Waals surface area contributed by atoms with Gasteiger partial charge in [0.2, 0.25) is 11.8 Å². The maximum Gasteiger partial charge on any atom is 0.271 e. The summed E-state index contributed by atoms with van der Waals surface area (Å²) in [6.45, 7) is 3.18. The SMILES string of the molecule is CC(=O)Nc1ccc(CC(=O)Nc2cc([N+](=O)[O-])ccc2C)cc1. The topological polar surface area (TPSA) is 101 Å². The summed E-state index contributed by atoms with van der Waals surface area (Å²) in [6.07, 6.45) is 0.127. The molecule has 2 amide bonds. The Morgan fingerprint density at radius 3 is 2.33 bits per heavy atom. The first-order valence-electron chi connectivity index (χ1n) is 7.26. The number of rotatable bonds is 5. The zero-order valence-corrected chi connectivity index (χ0v) is 13.3. The molecule has 0 unspecified atom stereocenters. The average molecular weight is 327 g/mol. The predicted molar refractivity (Wildman–Crippen MR) is 90.9 cm³/mol. The highest BCUT2D eigenvalue weighted by molar-refractivity contribution is 5.93. The summed E-state index contributed by atoms with van der Waals surface area (Å²) < 4.78 is 0. The van der Waals surface area contributed by atoms with Gasteiger partial charge in [0.05, 0.1) is 17.0 Å². The van der Waals surface area contributed by atoms with Crippen molar-refractivity contribution in [3.05, 3.63) is 63.7 Å². The Hall–Kier alpha value is -3.22. The molecule has 0 heterocycles. The molecule has 24 heavy (non-hydrogen) atoms. The molecule has 124 valence electrons. The van der Waals surface area contributed by atoms with Gasteiger partial charge >= 0.3 is 0 Å². The third kappa shape index (κ3) is 4.64. The maximum atomic E-state index is 12.1. The first-order valence-corrected chi connectivity index (χ1v) is 7.26. The lowest BCUT2D eigenvalue weighted by molar-refractivity contribution is -0.384. The van der Waals surface area contributed by atoms with E-state index in [0.29, 0.717) is 11.4 Å². The molecule has 0 atom stereocenters. The quantitative estimate of drug-likeness (QED) is 0.651. The Kier molecular flexibility index (Phi) is 5.26. The first kappa shape index (κ1) is 17.1. The summed E-state index contributed by atoms with van der Waals surface area (Å²) in [7, 11) is 0. The summed E-state index contributed by atoms with van der Waals surface area (Å²) >= 11 is 0. The molecule has 7 nitrogen and oxygen atoms in total. The zero-order chi connectivity index (χ0) is 17.7. The van der Waals surface area contributed by atoms with E-state index in [2.05, 4.69) is 10.6 Å². The van der Waals surface area contributed by atoms with Crippen LogP contribution in [0, 0.1) is 17.0 Å².